The first-order valence-corrected chi connectivity index (χ1v) is 9.50. The number of benzene rings is 2. The molecule has 6 heteroatoms. The van der Waals surface area contributed by atoms with Crippen molar-refractivity contribution in [3.63, 3.8) is 0 Å². The molecule has 6 nitrogen and oxygen atoms in total. The van der Waals surface area contributed by atoms with E-state index in [-0.39, 0.29) is 12.0 Å². The lowest BCUT2D eigenvalue weighted by molar-refractivity contribution is 0.0827. The van der Waals surface area contributed by atoms with Gasteiger partial charge in [-0.1, -0.05) is 37.3 Å². The number of para-hydroxylation sites is 1. The lowest BCUT2D eigenvalue weighted by Gasteiger charge is -2.20. The Kier molecular flexibility index (Phi) is 8.34. The van der Waals surface area contributed by atoms with Gasteiger partial charge in [-0.3, -0.25) is 9.79 Å². The Morgan fingerprint density at radius 2 is 1.75 bits per heavy atom. The smallest absolute Gasteiger partial charge is 0.253 e. The number of guanidine groups is 1. The molecular weight excluding hydrogens is 352 g/mol. The molecule has 0 heterocycles. The van der Waals surface area contributed by atoms with E-state index < -0.39 is 0 Å². The van der Waals surface area contributed by atoms with Crippen molar-refractivity contribution in [1.29, 1.82) is 0 Å². The maximum atomic E-state index is 11.9. The molecular formula is C22H30N4O2. The van der Waals surface area contributed by atoms with Crippen molar-refractivity contribution >= 4 is 11.9 Å². The number of hydrogen-bond acceptors (Lipinski definition) is 3. The molecule has 0 aliphatic carbocycles. The maximum Gasteiger partial charge on any atom is 0.253 e. The van der Waals surface area contributed by atoms with Crippen LogP contribution >= 0.6 is 0 Å². The molecule has 28 heavy (non-hydrogen) atoms. The lowest BCUT2D eigenvalue weighted by atomic mass is 10.1. The second-order valence-corrected chi connectivity index (χ2v) is 6.66. The van der Waals surface area contributed by atoms with Crippen molar-refractivity contribution in [2.24, 2.45) is 4.99 Å². The number of ether oxygens (including phenoxy) is 1. The van der Waals surface area contributed by atoms with Crippen LogP contribution in [0.4, 0.5) is 0 Å². The summed E-state index contributed by atoms with van der Waals surface area (Å²) in [6, 6.07) is 17.4. The third kappa shape index (κ3) is 6.61. The van der Waals surface area contributed by atoms with Crippen LogP contribution < -0.4 is 15.4 Å². The molecule has 1 unspecified atom stereocenters. The number of carbonyl (C=O) groups is 1. The zero-order chi connectivity index (χ0) is 20.4. The van der Waals surface area contributed by atoms with E-state index in [1.54, 1.807) is 26.0 Å². The zero-order valence-corrected chi connectivity index (χ0v) is 17.1. The fourth-order valence-electron chi connectivity index (χ4n) is 2.60. The second kappa shape index (κ2) is 11.0. The second-order valence-electron chi connectivity index (χ2n) is 6.66. The van der Waals surface area contributed by atoms with Crippen LogP contribution in [0.15, 0.2) is 59.6 Å². The predicted octanol–water partition coefficient (Wildman–Crippen LogP) is 2.91. The van der Waals surface area contributed by atoms with E-state index in [2.05, 4.69) is 22.5 Å². The Morgan fingerprint density at radius 3 is 2.32 bits per heavy atom. The Bertz CT molecular complexity index is 758. The average molecular weight is 383 g/mol. The van der Waals surface area contributed by atoms with Gasteiger partial charge < -0.3 is 20.3 Å². The molecule has 150 valence electrons. The minimum atomic E-state index is 0.000934. The number of aliphatic imine (C=N–C) groups is 1. The quantitative estimate of drug-likeness (QED) is 0.544. The normalized spacial score (nSPS) is 12.2. The van der Waals surface area contributed by atoms with Crippen molar-refractivity contribution in [3.05, 3.63) is 65.7 Å². The van der Waals surface area contributed by atoms with Crippen molar-refractivity contribution in [1.82, 2.24) is 15.5 Å². The SMILES string of the molecule is CCC(CNC(=NC)NCc1ccc(C(=O)N(C)C)cc1)Oc1ccccc1. The molecule has 1 atom stereocenters. The third-order valence-corrected chi connectivity index (χ3v) is 4.29. The van der Waals surface area contributed by atoms with E-state index in [9.17, 15) is 4.79 Å². The van der Waals surface area contributed by atoms with Crippen LogP contribution in [-0.4, -0.2) is 50.6 Å². The summed E-state index contributed by atoms with van der Waals surface area (Å²) in [5.41, 5.74) is 1.76. The van der Waals surface area contributed by atoms with Crippen molar-refractivity contribution in [2.75, 3.05) is 27.7 Å². The van der Waals surface area contributed by atoms with Crippen LogP contribution in [0, 0.1) is 0 Å². The molecule has 0 saturated heterocycles. The number of amides is 1. The Morgan fingerprint density at radius 1 is 1.07 bits per heavy atom. The van der Waals surface area contributed by atoms with E-state index in [0.717, 1.165) is 17.7 Å². The van der Waals surface area contributed by atoms with Gasteiger partial charge in [0, 0.05) is 33.3 Å². The van der Waals surface area contributed by atoms with Gasteiger partial charge in [-0.25, -0.2) is 0 Å². The van der Waals surface area contributed by atoms with Gasteiger partial charge in [0.1, 0.15) is 11.9 Å². The first-order valence-electron chi connectivity index (χ1n) is 9.50. The van der Waals surface area contributed by atoms with Crippen molar-refractivity contribution < 1.29 is 9.53 Å². The van der Waals surface area contributed by atoms with Crippen LogP contribution in [-0.2, 0) is 6.54 Å². The Balaban J connectivity index is 1.83. The van der Waals surface area contributed by atoms with Gasteiger partial charge in [-0.2, -0.15) is 0 Å². The van der Waals surface area contributed by atoms with Gasteiger partial charge in [0.25, 0.3) is 5.91 Å². The van der Waals surface area contributed by atoms with Gasteiger partial charge in [-0.15, -0.1) is 0 Å². The van der Waals surface area contributed by atoms with E-state index in [0.29, 0.717) is 24.6 Å². The molecule has 0 fully saturated rings. The minimum absolute atomic E-state index is 0.000934. The predicted molar refractivity (Wildman–Crippen MR) is 114 cm³/mol. The summed E-state index contributed by atoms with van der Waals surface area (Å²) < 4.78 is 5.99. The number of nitrogens with zero attached hydrogens (tertiary/aromatic N) is 2. The summed E-state index contributed by atoms with van der Waals surface area (Å²) in [5.74, 6) is 1.58. The van der Waals surface area contributed by atoms with Crippen LogP contribution in [0.25, 0.3) is 0 Å². The number of carbonyl (C=O) groups excluding carboxylic acids is 1. The van der Waals surface area contributed by atoms with Crippen LogP contribution in [0.3, 0.4) is 0 Å². The fourth-order valence-corrected chi connectivity index (χ4v) is 2.60. The van der Waals surface area contributed by atoms with Crippen LogP contribution in [0.1, 0.15) is 29.3 Å². The van der Waals surface area contributed by atoms with Gasteiger partial charge in [0.05, 0.1) is 6.54 Å². The molecule has 0 aliphatic rings. The van der Waals surface area contributed by atoms with E-state index in [4.69, 9.17) is 4.74 Å². The molecule has 2 N–H and O–H groups in total. The molecule has 0 aromatic heterocycles. The van der Waals surface area contributed by atoms with Crippen molar-refractivity contribution in [2.45, 2.75) is 26.0 Å². The van der Waals surface area contributed by atoms with E-state index in [1.807, 2.05) is 54.6 Å². The molecule has 2 rings (SSSR count). The average Bonchev–Trinajstić information content (AvgIpc) is 2.73. The van der Waals surface area contributed by atoms with Gasteiger partial charge in [0.15, 0.2) is 5.96 Å². The van der Waals surface area contributed by atoms with Gasteiger partial charge in [-0.05, 0) is 36.2 Å². The molecule has 2 aromatic rings. The first-order chi connectivity index (χ1) is 13.5. The molecule has 2 aromatic carbocycles. The summed E-state index contributed by atoms with van der Waals surface area (Å²) in [6.45, 7) is 3.37. The Hall–Kier alpha value is -3.02. The molecule has 0 saturated carbocycles. The maximum absolute atomic E-state index is 11.9. The highest BCUT2D eigenvalue weighted by atomic mass is 16.5. The molecule has 0 aliphatic heterocycles. The number of rotatable bonds is 8. The summed E-state index contributed by atoms with van der Waals surface area (Å²) in [6.07, 6.45) is 0.942. The van der Waals surface area contributed by atoms with Gasteiger partial charge >= 0.3 is 0 Å². The molecule has 0 spiro atoms. The van der Waals surface area contributed by atoms with Crippen LogP contribution in [0.5, 0.6) is 5.75 Å². The monoisotopic (exact) mass is 382 g/mol. The van der Waals surface area contributed by atoms with Crippen molar-refractivity contribution in [3.8, 4) is 5.75 Å². The van der Waals surface area contributed by atoms with E-state index >= 15 is 0 Å². The largest absolute Gasteiger partial charge is 0.489 e. The summed E-state index contributed by atoms with van der Waals surface area (Å²) in [5, 5.41) is 6.60. The summed E-state index contributed by atoms with van der Waals surface area (Å²) >= 11 is 0. The zero-order valence-electron chi connectivity index (χ0n) is 17.1. The van der Waals surface area contributed by atoms with E-state index in [1.165, 1.54) is 0 Å². The highest BCUT2D eigenvalue weighted by molar-refractivity contribution is 5.93. The summed E-state index contributed by atoms with van der Waals surface area (Å²) in [4.78, 5) is 17.8. The highest BCUT2D eigenvalue weighted by Gasteiger charge is 2.10. The molecule has 1 amide bonds. The summed E-state index contributed by atoms with van der Waals surface area (Å²) in [7, 11) is 5.24. The number of nitrogens with one attached hydrogen (secondary N) is 2. The molecule has 0 bridgehead atoms. The number of hydrogen-bond donors (Lipinski definition) is 2. The Labute approximate surface area is 167 Å². The highest BCUT2D eigenvalue weighted by Crippen LogP contribution is 2.12. The van der Waals surface area contributed by atoms with Gasteiger partial charge in [0.2, 0.25) is 0 Å². The molecule has 0 radical (unpaired) electrons. The minimum Gasteiger partial charge on any atom is -0.489 e. The third-order valence-electron chi connectivity index (χ3n) is 4.29. The van der Waals surface area contributed by atoms with Crippen LogP contribution in [0.2, 0.25) is 0 Å². The lowest BCUT2D eigenvalue weighted by Crippen LogP contribution is -2.42. The standard InChI is InChI=1S/C22H30N4O2/c1-5-19(28-20-9-7-6-8-10-20)16-25-22(23-2)24-15-17-11-13-18(14-12-17)21(27)26(3)4/h6-14,19H,5,15-16H2,1-4H3,(H2,23,24,25). The fraction of sp³-hybridized carbons (Fsp3) is 0.364. The topological polar surface area (TPSA) is 66.0 Å². The first kappa shape index (κ1) is 21.3.